The van der Waals surface area contributed by atoms with Crippen LogP contribution in [0.25, 0.3) is 0 Å². The molecule has 0 aliphatic rings. The molecule has 1 aromatic rings. The van der Waals surface area contributed by atoms with E-state index >= 15 is 0 Å². The van der Waals surface area contributed by atoms with Crippen LogP contribution in [0.15, 0.2) is 12.1 Å². The minimum Gasteiger partial charge on any atom is -0.493 e. The van der Waals surface area contributed by atoms with Gasteiger partial charge in [0.1, 0.15) is 0 Å². The molecule has 1 aromatic carbocycles. The Kier molecular flexibility index (Phi) is 4.28. The molecule has 0 amide bonds. The summed E-state index contributed by atoms with van der Waals surface area (Å²) in [5.74, 6) is 2.10. The summed E-state index contributed by atoms with van der Waals surface area (Å²) in [6, 6.07) is 3.98. The van der Waals surface area contributed by atoms with Crippen molar-refractivity contribution in [2.45, 2.75) is 19.8 Å². The number of benzene rings is 1. The molecule has 15 heavy (non-hydrogen) atoms. The second kappa shape index (κ2) is 5.49. The highest BCUT2D eigenvalue weighted by molar-refractivity contribution is 5.53. The fraction of sp³-hybridized carbons (Fsp3) is 0.500. The zero-order valence-corrected chi connectivity index (χ0v) is 9.79. The van der Waals surface area contributed by atoms with Crippen molar-refractivity contribution in [3.8, 4) is 17.2 Å². The first-order valence-electron chi connectivity index (χ1n) is 5.05. The number of ether oxygens (including phenoxy) is 3. The molecule has 0 saturated heterocycles. The van der Waals surface area contributed by atoms with Gasteiger partial charge in [0.15, 0.2) is 11.5 Å². The number of hydrogen-bond donors (Lipinski definition) is 0. The minimum absolute atomic E-state index is 0.653. The van der Waals surface area contributed by atoms with E-state index < -0.39 is 0 Å². The van der Waals surface area contributed by atoms with Crippen LogP contribution in [0.2, 0.25) is 0 Å². The van der Waals surface area contributed by atoms with Crippen LogP contribution in [0.1, 0.15) is 18.9 Å². The van der Waals surface area contributed by atoms with Crippen LogP contribution >= 0.6 is 0 Å². The lowest BCUT2D eigenvalue weighted by Gasteiger charge is -2.13. The van der Waals surface area contributed by atoms with Crippen molar-refractivity contribution in [2.24, 2.45) is 0 Å². The predicted molar refractivity (Wildman–Crippen MR) is 60.1 cm³/mol. The standard InChI is InChI=1S/C12H18O3/c1-5-6-9-7-10(13-2)12(15-4)11(8-9)14-3/h7-8H,5-6H2,1-4H3. The van der Waals surface area contributed by atoms with E-state index in [2.05, 4.69) is 6.92 Å². The van der Waals surface area contributed by atoms with Crippen molar-refractivity contribution in [1.82, 2.24) is 0 Å². The molecule has 84 valence electrons. The Hall–Kier alpha value is -1.38. The summed E-state index contributed by atoms with van der Waals surface area (Å²) >= 11 is 0. The van der Waals surface area contributed by atoms with Crippen molar-refractivity contribution >= 4 is 0 Å². The average Bonchev–Trinajstić information content (AvgIpc) is 2.28. The van der Waals surface area contributed by atoms with Crippen LogP contribution in [0, 0.1) is 0 Å². The van der Waals surface area contributed by atoms with Gasteiger partial charge < -0.3 is 14.2 Å². The van der Waals surface area contributed by atoms with Gasteiger partial charge in [-0.3, -0.25) is 0 Å². The van der Waals surface area contributed by atoms with Gasteiger partial charge in [-0.25, -0.2) is 0 Å². The lowest BCUT2D eigenvalue weighted by Crippen LogP contribution is -1.96. The van der Waals surface area contributed by atoms with Gasteiger partial charge in [-0.2, -0.15) is 0 Å². The van der Waals surface area contributed by atoms with E-state index in [0.29, 0.717) is 5.75 Å². The van der Waals surface area contributed by atoms with E-state index in [9.17, 15) is 0 Å². The SMILES string of the molecule is CCCc1cc(OC)c(OC)c(OC)c1. The Morgan fingerprint density at radius 3 is 1.80 bits per heavy atom. The molecule has 0 atom stereocenters. The van der Waals surface area contributed by atoms with Crippen molar-refractivity contribution in [1.29, 1.82) is 0 Å². The third-order valence-electron chi connectivity index (χ3n) is 2.26. The van der Waals surface area contributed by atoms with Gasteiger partial charge >= 0.3 is 0 Å². The topological polar surface area (TPSA) is 27.7 Å². The molecule has 0 aromatic heterocycles. The first-order chi connectivity index (χ1) is 7.26. The summed E-state index contributed by atoms with van der Waals surface area (Å²) in [6.45, 7) is 2.14. The van der Waals surface area contributed by atoms with Crippen LogP contribution in [0.4, 0.5) is 0 Å². The van der Waals surface area contributed by atoms with Crippen molar-refractivity contribution in [2.75, 3.05) is 21.3 Å². The summed E-state index contributed by atoms with van der Waals surface area (Å²) in [5.41, 5.74) is 1.20. The lowest BCUT2D eigenvalue weighted by atomic mass is 10.1. The molecule has 0 fully saturated rings. The normalized spacial score (nSPS) is 9.87. The smallest absolute Gasteiger partial charge is 0.203 e. The molecule has 0 heterocycles. The van der Waals surface area contributed by atoms with Crippen LogP contribution in [0.5, 0.6) is 17.2 Å². The molecule has 0 aliphatic heterocycles. The summed E-state index contributed by atoms with van der Waals surface area (Å²) in [5, 5.41) is 0. The molecule has 0 N–H and O–H groups in total. The summed E-state index contributed by atoms with van der Waals surface area (Å²) in [7, 11) is 4.87. The Labute approximate surface area is 91.0 Å². The van der Waals surface area contributed by atoms with E-state index in [1.165, 1.54) is 5.56 Å². The van der Waals surface area contributed by atoms with Gasteiger partial charge in [-0.05, 0) is 24.1 Å². The molecule has 3 heteroatoms. The van der Waals surface area contributed by atoms with E-state index in [1.807, 2.05) is 12.1 Å². The van der Waals surface area contributed by atoms with Gasteiger partial charge in [0, 0.05) is 0 Å². The van der Waals surface area contributed by atoms with Gasteiger partial charge in [0.25, 0.3) is 0 Å². The Morgan fingerprint density at radius 2 is 1.47 bits per heavy atom. The summed E-state index contributed by atoms with van der Waals surface area (Å²) in [6.07, 6.45) is 2.11. The zero-order valence-electron chi connectivity index (χ0n) is 9.79. The molecule has 0 spiro atoms. The number of methoxy groups -OCH3 is 3. The fourth-order valence-electron chi connectivity index (χ4n) is 1.57. The van der Waals surface area contributed by atoms with Gasteiger partial charge in [0.05, 0.1) is 21.3 Å². The second-order valence-corrected chi connectivity index (χ2v) is 3.28. The minimum atomic E-state index is 0.653. The molecular formula is C12H18O3. The van der Waals surface area contributed by atoms with Gasteiger partial charge in [0.2, 0.25) is 5.75 Å². The monoisotopic (exact) mass is 210 g/mol. The first-order valence-corrected chi connectivity index (χ1v) is 5.05. The molecule has 0 radical (unpaired) electrons. The predicted octanol–water partition coefficient (Wildman–Crippen LogP) is 2.66. The maximum atomic E-state index is 5.26. The highest BCUT2D eigenvalue weighted by Crippen LogP contribution is 2.38. The Bertz CT molecular complexity index is 296. The number of hydrogen-bond acceptors (Lipinski definition) is 3. The van der Waals surface area contributed by atoms with E-state index in [1.54, 1.807) is 21.3 Å². The van der Waals surface area contributed by atoms with Gasteiger partial charge in [-0.1, -0.05) is 13.3 Å². The number of aryl methyl sites for hydroxylation is 1. The van der Waals surface area contributed by atoms with Crippen LogP contribution in [0.3, 0.4) is 0 Å². The quantitative estimate of drug-likeness (QED) is 0.747. The van der Waals surface area contributed by atoms with E-state index in [0.717, 1.165) is 24.3 Å². The molecule has 0 unspecified atom stereocenters. The molecule has 1 rings (SSSR count). The fourth-order valence-corrected chi connectivity index (χ4v) is 1.57. The zero-order chi connectivity index (χ0) is 11.3. The molecular weight excluding hydrogens is 192 g/mol. The van der Waals surface area contributed by atoms with Crippen molar-refractivity contribution in [3.63, 3.8) is 0 Å². The van der Waals surface area contributed by atoms with Crippen molar-refractivity contribution in [3.05, 3.63) is 17.7 Å². The third kappa shape index (κ3) is 2.55. The molecule has 0 bridgehead atoms. The Balaban J connectivity index is 3.16. The van der Waals surface area contributed by atoms with E-state index in [-0.39, 0.29) is 0 Å². The maximum Gasteiger partial charge on any atom is 0.203 e. The van der Waals surface area contributed by atoms with Crippen LogP contribution in [-0.2, 0) is 6.42 Å². The summed E-state index contributed by atoms with van der Waals surface area (Å²) in [4.78, 5) is 0. The molecule has 0 saturated carbocycles. The largest absolute Gasteiger partial charge is 0.493 e. The third-order valence-corrected chi connectivity index (χ3v) is 2.26. The maximum absolute atomic E-state index is 5.26. The molecule has 0 aliphatic carbocycles. The summed E-state index contributed by atoms with van der Waals surface area (Å²) < 4.78 is 15.8. The average molecular weight is 210 g/mol. The molecule has 3 nitrogen and oxygen atoms in total. The van der Waals surface area contributed by atoms with E-state index in [4.69, 9.17) is 14.2 Å². The highest BCUT2D eigenvalue weighted by Gasteiger charge is 2.12. The lowest BCUT2D eigenvalue weighted by molar-refractivity contribution is 0.324. The number of rotatable bonds is 5. The van der Waals surface area contributed by atoms with Crippen molar-refractivity contribution < 1.29 is 14.2 Å². The van der Waals surface area contributed by atoms with Crippen LogP contribution in [-0.4, -0.2) is 21.3 Å². The Morgan fingerprint density at radius 1 is 0.933 bits per heavy atom. The van der Waals surface area contributed by atoms with Crippen LogP contribution < -0.4 is 14.2 Å². The first kappa shape index (κ1) is 11.7. The second-order valence-electron chi connectivity index (χ2n) is 3.28. The van der Waals surface area contributed by atoms with Gasteiger partial charge in [-0.15, -0.1) is 0 Å². The highest BCUT2D eigenvalue weighted by atomic mass is 16.5.